The molecule has 2 unspecified atom stereocenters. The molecule has 0 radical (unpaired) electrons. The summed E-state index contributed by atoms with van der Waals surface area (Å²) in [6, 6.07) is 59.5. The Morgan fingerprint density at radius 1 is 0.517 bits per heavy atom. The van der Waals surface area contributed by atoms with Crippen LogP contribution >= 0.6 is 0 Å². The van der Waals surface area contributed by atoms with E-state index in [0.717, 1.165) is 48.2 Å². The summed E-state index contributed by atoms with van der Waals surface area (Å²) in [5.41, 5.74) is 11.3. The van der Waals surface area contributed by atoms with Crippen LogP contribution in [-0.2, 0) is 17.0 Å². The van der Waals surface area contributed by atoms with E-state index >= 15 is 0 Å². The zero-order valence-corrected chi connectivity index (χ0v) is 32.6. The highest BCUT2D eigenvalue weighted by Crippen LogP contribution is 2.62. The first-order chi connectivity index (χ1) is 28.1. The van der Waals surface area contributed by atoms with Gasteiger partial charge in [-0.25, -0.2) is 0 Å². The zero-order valence-electron chi connectivity index (χ0n) is 32.6. The molecule has 284 valence electrons. The molecule has 1 nitrogen and oxygen atoms in total. The average Bonchev–Trinajstić information content (AvgIpc) is 3.67. The fraction of sp³-hybridized carbons (Fsp3) is 0.185. The molecule has 2 aliphatic carbocycles. The van der Waals surface area contributed by atoms with E-state index in [1.165, 1.54) is 72.6 Å². The molecule has 0 spiro atoms. The van der Waals surface area contributed by atoms with Gasteiger partial charge in [0.1, 0.15) is 0 Å². The van der Waals surface area contributed by atoms with Crippen molar-refractivity contribution in [2.75, 3.05) is 4.90 Å². The van der Waals surface area contributed by atoms with E-state index in [4.69, 9.17) is 0 Å². The van der Waals surface area contributed by atoms with Crippen molar-refractivity contribution in [2.45, 2.75) is 62.1 Å². The molecule has 1 aliphatic heterocycles. The number of halogens is 3. The number of anilines is 2. The first-order valence-electron chi connectivity index (χ1n) is 20.5. The second-order valence-electron chi connectivity index (χ2n) is 17.0. The number of benzene rings is 8. The molecule has 3 aliphatic rings. The molecule has 1 saturated carbocycles. The average molecular weight is 762 g/mol. The normalized spacial score (nSPS) is 20.5. The van der Waals surface area contributed by atoms with Crippen LogP contribution in [0.3, 0.4) is 0 Å². The number of alkyl halides is 3. The Labute approximate surface area is 337 Å². The summed E-state index contributed by atoms with van der Waals surface area (Å²) in [7, 11) is 0. The molecule has 0 N–H and O–H groups in total. The number of fused-ring (bicyclic) bond motifs is 10. The van der Waals surface area contributed by atoms with Gasteiger partial charge in [-0.2, -0.15) is 13.2 Å². The summed E-state index contributed by atoms with van der Waals surface area (Å²) in [6.45, 7) is 4.69. The summed E-state index contributed by atoms with van der Waals surface area (Å²) in [4.78, 5) is 2.34. The highest BCUT2D eigenvalue weighted by Gasteiger charge is 2.58. The maximum Gasteiger partial charge on any atom is 0.416 e. The van der Waals surface area contributed by atoms with Gasteiger partial charge in [0.2, 0.25) is 0 Å². The molecule has 11 rings (SSSR count). The number of nitrogens with zero attached hydrogens (tertiary/aromatic N) is 1. The van der Waals surface area contributed by atoms with Gasteiger partial charge in [-0.3, -0.25) is 0 Å². The van der Waals surface area contributed by atoms with Crippen molar-refractivity contribution >= 4 is 32.9 Å². The first-order valence-corrected chi connectivity index (χ1v) is 20.5. The first kappa shape index (κ1) is 35.1. The monoisotopic (exact) mass is 761 g/mol. The second kappa shape index (κ2) is 12.4. The molecule has 8 aromatic carbocycles. The third-order valence-corrected chi connectivity index (χ3v) is 14.3. The van der Waals surface area contributed by atoms with Gasteiger partial charge in [-0.15, -0.1) is 0 Å². The van der Waals surface area contributed by atoms with Gasteiger partial charge in [0.15, 0.2) is 0 Å². The standard InChI is InChI=1S/C54H42F3N/c1-51-31-11-12-32-52(51,2)58(41-24-22-40(23-25-41)54(55,56)57)49-30-21-37(34-48(49)51)36-20-27-45-47(33-36)53(38-14-5-3-6-15-38,39-16-7-4-8-17-39)46-29-28-43-42-18-10-9-13-35(42)19-26-44(43)50(45)46/h3-10,13-30,33-34H,11-12,31-32H2,1-2H3. The Morgan fingerprint density at radius 3 is 1.84 bits per heavy atom. The maximum atomic E-state index is 13.7. The quantitative estimate of drug-likeness (QED) is 0.161. The van der Waals surface area contributed by atoms with Gasteiger partial charge in [-0.05, 0) is 134 Å². The Morgan fingerprint density at radius 2 is 1.14 bits per heavy atom. The van der Waals surface area contributed by atoms with E-state index in [-0.39, 0.29) is 11.0 Å². The van der Waals surface area contributed by atoms with Gasteiger partial charge >= 0.3 is 6.18 Å². The molecule has 0 saturated heterocycles. The SMILES string of the molecule is CC12CCCCC1(C)N(c1ccc(C(F)(F)F)cc1)c1ccc(-c3ccc4c(c3)C(c3ccccc3)(c3ccccc3)c3ccc5c(ccc6ccccc65)c3-4)cc12. The smallest absolute Gasteiger partial charge is 0.334 e. The van der Waals surface area contributed by atoms with Crippen LogP contribution in [0.2, 0.25) is 0 Å². The van der Waals surface area contributed by atoms with Crippen LogP contribution in [-0.4, -0.2) is 5.54 Å². The minimum Gasteiger partial charge on any atom is -0.334 e. The molecule has 2 atom stereocenters. The van der Waals surface area contributed by atoms with E-state index in [0.29, 0.717) is 0 Å². The van der Waals surface area contributed by atoms with Crippen molar-refractivity contribution in [1.29, 1.82) is 0 Å². The Balaban J connectivity index is 1.14. The Bertz CT molecular complexity index is 2870. The van der Waals surface area contributed by atoms with E-state index in [1.807, 2.05) is 0 Å². The Hall–Kier alpha value is -6.13. The summed E-state index contributed by atoms with van der Waals surface area (Å²) < 4.78 is 41.0. The minimum absolute atomic E-state index is 0.189. The number of hydrogen-bond donors (Lipinski definition) is 0. The van der Waals surface area contributed by atoms with Crippen molar-refractivity contribution in [3.8, 4) is 22.3 Å². The van der Waals surface area contributed by atoms with E-state index < -0.39 is 17.2 Å². The van der Waals surface area contributed by atoms with E-state index in [9.17, 15) is 13.2 Å². The third kappa shape index (κ3) is 4.72. The van der Waals surface area contributed by atoms with Gasteiger partial charge < -0.3 is 4.90 Å². The van der Waals surface area contributed by atoms with Crippen LogP contribution in [0.15, 0.2) is 170 Å². The van der Waals surface area contributed by atoms with Gasteiger partial charge in [-0.1, -0.05) is 147 Å². The van der Waals surface area contributed by atoms with Crippen LogP contribution in [0.25, 0.3) is 43.8 Å². The summed E-state index contributed by atoms with van der Waals surface area (Å²) >= 11 is 0. The molecule has 4 heteroatoms. The van der Waals surface area contributed by atoms with Gasteiger partial charge in [0.05, 0.1) is 16.5 Å². The van der Waals surface area contributed by atoms with Crippen LogP contribution in [0.5, 0.6) is 0 Å². The fourth-order valence-corrected chi connectivity index (χ4v) is 11.4. The molecule has 8 aromatic rings. The molecule has 1 heterocycles. The molecular formula is C54H42F3N. The lowest BCUT2D eigenvalue weighted by Crippen LogP contribution is -2.54. The maximum absolute atomic E-state index is 13.7. The van der Waals surface area contributed by atoms with Crippen LogP contribution < -0.4 is 4.90 Å². The topological polar surface area (TPSA) is 3.24 Å². The lowest BCUT2D eigenvalue weighted by atomic mass is 9.61. The third-order valence-electron chi connectivity index (χ3n) is 14.3. The number of rotatable bonds is 4. The van der Waals surface area contributed by atoms with E-state index in [2.05, 4.69) is 164 Å². The molecular weight excluding hydrogens is 720 g/mol. The van der Waals surface area contributed by atoms with Crippen LogP contribution in [0, 0.1) is 0 Å². The van der Waals surface area contributed by atoms with Crippen LogP contribution in [0.4, 0.5) is 24.5 Å². The van der Waals surface area contributed by atoms with Gasteiger partial charge in [0.25, 0.3) is 0 Å². The number of hydrogen-bond acceptors (Lipinski definition) is 1. The van der Waals surface area contributed by atoms with Crippen molar-refractivity contribution < 1.29 is 13.2 Å². The van der Waals surface area contributed by atoms with Crippen molar-refractivity contribution in [1.82, 2.24) is 0 Å². The molecule has 1 fully saturated rings. The van der Waals surface area contributed by atoms with E-state index in [1.54, 1.807) is 12.1 Å². The second-order valence-corrected chi connectivity index (χ2v) is 17.0. The highest BCUT2D eigenvalue weighted by atomic mass is 19.4. The fourth-order valence-electron chi connectivity index (χ4n) is 11.4. The largest absolute Gasteiger partial charge is 0.416 e. The molecule has 0 aromatic heterocycles. The summed E-state index contributed by atoms with van der Waals surface area (Å²) in [5.74, 6) is 0. The lowest BCUT2D eigenvalue weighted by molar-refractivity contribution is -0.137. The van der Waals surface area contributed by atoms with Crippen molar-refractivity contribution in [3.05, 3.63) is 203 Å². The molecule has 0 bridgehead atoms. The lowest BCUT2D eigenvalue weighted by Gasteiger charge is -2.50. The molecule has 0 amide bonds. The summed E-state index contributed by atoms with van der Waals surface area (Å²) in [5, 5.41) is 5.00. The Kier molecular flexibility index (Phi) is 7.52. The van der Waals surface area contributed by atoms with Crippen LogP contribution in [0.1, 0.15) is 72.9 Å². The summed E-state index contributed by atoms with van der Waals surface area (Å²) in [6.07, 6.45) is -0.194. The zero-order chi connectivity index (χ0) is 39.4. The predicted octanol–water partition coefficient (Wildman–Crippen LogP) is 14.8. The highest BCUT2D eigenvalue weighted by molar-refractivity contribution is 6.14. The minimum atomic E-state index is -4.38. The van der Waals surface area contributed by atoms with Crippen molar-refractivity contribution in [3.63, 3.8) is 0 Å². The predicted molar refractivity (Wildman–Crippen MR) is 232 cm³/mol. The van der Waals surface area contributed by atoms with Crippen molar-refractivity contribution in [2.24, 2.45) is 0 Å². The van der Waals surface area contributed by atoms with Gasteiger partial charge in [0, 0.05) is 16.8 Å². The molecule has 58 heavy (non-hydrogen) atoms.